The lowest BCUT2D eigenvalue weighted by Gasteiger charge is -2.36. The van der Waals surface area contributed by atoms with Crippen LogP contribution in [0, 0.1) is 6.92 Å². The first-order valence-electron chi connectivity index (χ1n) is 6.51. The maximum Gasteiger partial charge on any atom is 0.336 e. The molecule has 0 atom stereocenters. The van der Waals surface area contributed by atoms with E-state index >= 15 is 0 Å². The molecule has 0 bridgehead atoms. The molecule has 0 saturated carbocycles. The Morgan fingerprint density at radius 2 is 1.89 bits per heavy atom. The minimum absolute atomic E-state index is 0.126. The molecule has 1 rings (SSSR count). The van der Waals surface area contributed by atoms with E-state index in [1.54, 1.807) is 6.07 Å². The first-order valence-corrected chi connectivity index (χ1v) is 9.42. The van der Waals surface area contributed by atoms with Crippen molar-refractivity contribution in [3.63, 3.8) is 0 Å². The van der Waals surface area contributed by atoms with Crippen molar-refractivity contribution in [2.45, 2.75) is 52.4 Å². The number of hydrogen-bond acceptors (Lipinski definition) is 2. The molecule has 0 aliphatic rings. The van der Waals surface area contributed by atoms with Crippen LogP contribution in [0.1, 0.15) is 42.3 Å². The van der Waals surface area contributed by atoms with E-state index in [-0.39, 0.29) is 5.04 Å². The van der Waals surface area contributed by atoms with Gasteiger partial charge in [0.1, 0.15) is 0 Å². The first kappa shape index (κ1) is 15.9. The Morgan fingerprint density at radius 3 is 2.37 bits per heavy atom. The smallest absolute Gasteiger partial charge is 0.336 e. The number of benzene rings is 1. The summed E-state index contributed by atoms with van der Waals surface area (Å²) in [6.45, 7) is 13.1. The molecule has 0 aliphatic heterocycles. The summed E-state index contributed by atoms with van der Waals surface area (Å²) in [6, 6.07) is 5.48. The monoisotopic (exact) mass is 280 g/mol. The Bertz CT molecular complexity index is 473. The molecule has 0 spiro atoms. The molecule has 4 heteroatoms. The highest BCUT2D eigenvalue weighted by Gasteiger charge is 2.37. The summed E-state index contributed by atoms with van der Waals surface area (Å²) in [5.41, 5.74) is 2.05. The maximum absolute atomic E-state index is 11.3. The average Bonchev–Trinajstić information content (AvgIpc) is 2.25. The fourth-order valence-corrected chi connectivity index (χ4v) is 2.44. The topological polar surface area (TPSA) is 46.5 Å². The molecule has 0 aliphatic carbocycles. The summed E-state index contributed by atoms with van der Waals surface area (Å²) in [6.07, 6.45) is 0. The summed E-state index contributed by atoms with van der Waals surface area (Å²) in [5.74, 6) is -0.891. The molecule has 0 fully saturated rings. The third kappa shape index (κ3) is 3.91. The molecule has 1 aromatic rings. The van der Waals surface area contributed by atoms with Gasteiger partial charge in [-0.25, -0.2) is 4.79 Å². The van der Waals surface area contributed by atoms with Crippen molar-refractivity contribution in [2.24, 2.45) is 0 Å². The second-order valence-corrected chi connectivity index (χ2v) is 11.3. The van der Waals surface area contributed by atoms with Crippen molar-refractivity contribution >= 4 is 14.3 Å². The Morgan fingerprint density at radius 1 is 1.32 bits per heavy atom. The summed E-state index contributed by atoms with van der Waals surface area (Å²) in [5, 5.41) is 9.36. The van der Waals surface area contributed by atoms with Gasteiger partial charge in [-0.05, 0) is 36.7 Å². The standard InChI is InChI=1S/C15H24O3Si/c1-11-7-8-12(13(9-11)14(16)17)10-18-19(5,6)15(2,3)4/h7-9H,10H2,1-6H3,(H,16,17). The van der Waals surface area contributed by atoms with Gasteiger partial charge >= 0.3 is 5.97 Å². The van der Waals surface area contributed by atoms with Gasteiger partial charge in [0.25, 0.3) is 0 Å². The van der Waals surface area contributed by atoms with E-state index in [1.807, 2.05) is 19.1 Å². The molecule has 106 valence electrons. The van der Waals surface area contributed by atoms with Gasteiger partial charge in [0.15, 0.2) is 8.32 Å². The Balaban J connectivity index is 2.93. The molecule has 0 unspecified atom stereocenters. The molecular weight excluding hydrogens is 256 g/mol. The number of carbonyl (C=O) groups is 1. The zero-order valence-corrected chi connectivity index (χ0v) is 13.7. The Hall–Kier alpha value is -1.13. The highest BCUT2D eigenvalue weighted by molar-refractivity contribution is 6.74. The number of rotatable bonds is 4. The molecule has 1 N–H and O–H groups in total. The SMILES string of the molecule is Cc1ccc(CO[Si](C)(C)C(C)(C)C)c(C(=O)O)c1. The molecule has 0 saturated heterocycles. The van der Waals surface area contributed by atoms with Crippen LogP contribution in [0.2, 0.25) is 18.1 Å². The van der Waals surface area contributed by atoms with Crippen molar-refractivity contribution < 1.29 is 14.3 Å². The molecule has 0 aromatic heterocycles. The van der Waals surface area contributed by atoms with Gasteiger partial charge in [-0.1, -0.05) is 38.5 Å². The number of aryl methyl sites for hydroxylation is 1. The lowest BCUT2D eigenvalue weighted by atomic mass is 10.1. The second-order valence-electron chi connectivity index (χ2n) is 6.51. The minimum Gasteiger partial charge on any atom is -0.478 e. The minimum atomic E-state index is -1.85. The summed E-state index contributed by atoms with van der Waals surface area (Å²) < 4.78 is 6.09. The fraction of sp³-hybridized carbons (Fsp3) is 0.533. The van der Waals surface area contributed by atoms with Crippen LogP contribution in [0.25, 0.3) is 0 Å². The van der Waals surface area contributed by atoms with Crippen LogP contribution < -0.4 is 0 Å². The third-order valence-electron chi connectivity index (χ3n) is 3.89. The molecule has 19 heavy (non-hydrogen) atoms. The van der Waals surface area contributed by atoms with Gasteiger partial charge in [-0.3, -0.25) is 0 Å². The molecular formula is C15H24O3Si. The van der Waals surface area contributed by atoms with Crippen molar-refractivity contribution in [3.05, 3.63) is 34.9 Å². The van der Waals surface area contributed by atoms with E-state index in [1.165, 1.54) is 0 Å². The van der Waals surface area contributed by atoms with Crippen LogP contribution in [-0.4, -0.2) is 19.4 Å². The molecule has 3 nitrogen and oxygen atoms in total. The normalized spacial score (nSPS) is 12.5. The van der Waals surface area contributed by atoms with Crippen molar-refractivity contribution in [2.75, 3.05) is 0 Å². The predicted molar refractivity (Wildman–Crippen MR) is 80.1 cm³/mol. The highest BCUT2D eigenvalue weighted by atomic mass is 28.4. The predicted octanol–water partition coefficient (Wildman–Crippen LogP) is 4.22. The van der Waals surface area contributed by atoms with Gasteiger partial charge in [0, 0.05) is 0 Å². The number of aromatic carboxylic acids is 1. The highest BCUT2D eigenvalue weighted by Crippen LogP contribution is 2.37. The molecule has 1 aromatic carbocycles. The van der Waals surface area contributed by atoms with E-state index in [2.05, 4.69) is 33.9 Å². The van der Waals surface area contributed by atoms with Crippen molar-refractivity contribution in [3.8, 4) is 0 Å². The summed E-state index contributed by atoms with van der Waals surface area (Å²) in [7, 11) is -1.85. The summed E-state index contributed by atoms with van der Waals surface area (Å²) in [4.78, 5) is 11.3. The third-order valence-corrected chi connectivity index (χ3v) is 8.37. The molecule has 0 radical (unpaired) electrons. The zero-order chi connectivity index (χ0) is 14.8. The number of carboxylic acids is 1. The van der Waals surface area contributed by atoms with Crippen molar-refractivity contribution in [1.82, 2.24) is 0 Å². The van der Waals surface area contributed by atoms with E-state index < -0.39 is 14.3 Å². The fourth-order valence-electron chi connectivity index (χ4n) is 1.49. The maximum atomic E-state index is 11.3. The quantitative estimate of drug-likeness (QED) is 0.840. The van der Waals surface area contributed by atoms with E-state index in [9.17, 15) is 9.90 Å². The first-order chi connectivity index (χ1) is 8.54. The van der Waals surface area contributed by atoms with Gasteiger partial charge in [0.2, 0.25) is 0 Å². The van der Waals surface area contributed by atoms with Crippen LogP contribution >= 0.6 is 0 Å². The zero-order valence-electron chi connectivity index (χ0n) is 12.7. The van der Waals surface area contributed by atoms with Crippen LogP contribution in [0.5, 0.6) is 0 Å². The van der Waals surface area contributed by atoms with Crippen LogP contribution in [-0.2, 0) is 11.0 Å². The average molecular weight is 280 g/mol. The number of carboxylic acid groups (broad SMARTS) is 1. The van der Waals surface area contributed by atoms with Crippen molar-refractivity contribution in [1.29, 1.82) is 0 Å². The Kier molecular flexibility index (Phi) is 4.58. The lowest BCUT2D eigenvalue weighted by Crippen LogP contribution is -2.40. The lowest BCUT2D eigenvalue weighted by molar-refractivity contribution is 0.0693. The number of hydrogen-bond donors (Lipinski definition) is 1. The molecule has 0 amide bonds. The molecule has 0 heterocycles. The summed E-state index contributed by atoms with van der Waals surface area (Å²) >= 11 is 0. The largest absolute Gasteiger partial charge is 0.478 e. The van der Waals surface area contributed by atoms with Gasteiger partial charge in [-0.15, -0.1) is 0 Å². The second kappa shape index (κ2) is 5.47. The van der Waals surface area contributed by atoms with E-state index in [0.29, 0.717) is 12.2 Å². The van der Waals surface area contributed by atoms with Gasteiger partial charge < -0.3 is 9.53 Å². The Labute approximate surface area is 116 Å². The van der Waals surface area contributed by atoms with E-state index in [0.717, 1.165) is 11.1 Å². The van der Waals surface area contributed by atoms with Crippen LogP contribution in [0.15, 0.2) is 18.2 Å². The van der Waals surface area contributed by atoms with Gasteiger partial charge in [-0.2, -0.15) is 0 Å². The van der Waals surface area contributed by atoms with Crippen LogP contribution in [0.3, 0.4) is 0 Å². The van der Waals surface area contributed by atoms with Crippen LogP contribution in [0.4, 0.5) is 0 Å². The van der Waals surface area contributed by atoms with E-state index in [4.69, 9.17) is 4.43 Å². The van der Waals surface area contributed by atoms with Gasteiger partial charge in [0.05, 0.1) is 12.2 Å².